The first kappa shape index (κ1) is 11.1. The first-order valence-electron chi connectivity index (χ1n) is 5.55. The predicted molar refractivity (Wildman–Crippen MR) is 68.3 cm³/mol. The summed E-state index contributed by atoms with van der Waals surface area (Å²) >= 11 is 11.8. The number of hydrogen-bond donors (Lipinski definition) is 0. The van der Waals surface area contributed by atoms with Crippen LogP contribution in [0.3, 0.4) is 0 Å². The molecule has 0 radical (unpaired) electrons. The summed E-state index contributed by atoms with van der Waals surface area (Å²) in [6, 6.07) is 8.17. The topological polar surface area (TPSA) is 30.7 Å². The molecule has 1 saturated carbocycles. The molecule has 0 amide bonds. The van der Waals surface area contributed by atoms with Crippen molar-refractivity contribution in [1.82, 2.24) is 14.8 Å². The molecule has 0 bridgehead atoms. The second kappa shape index (κ2) is 4.31. The van der Waals surface area contributed by atoms with Crippen molar-refractivity contribution < 1.29 is 0 Å². The van der Waals surface area contributed by atoms with Gasteiger partial charge in [0, 0.05) is 16.6 Å². The molecule has 1 aliphatic rings. The lowest BCUT2D eigenvalue weighted by molar-refractivity contribution is 0.712. The molecule has 0 saturated heterocycles. The Labute approximate surface area is 109 Å². The van der Waals surface area contributed by atoms with E-state index in [4.69, 9.17) is 23.2 Å². The molecule has 2 aromatic rings. The number of alkyl halides is 1. The second-order valence-corrected chi connectivity index (χ2v) is 4.89. The van der Waals surface area contributed by atoms with Crippen molar-refractivity contribution in [3.05, 3.63) is 35.1 Å². The zero-order chi connectivity index (χ0) is 11.8. The minimum atomic E-state index is 0.400. The number of aromatic nitrogens is 3. The van der Waals surface area contributed by atoms with Gasteiger partial charge < -0.3 is 4.57 Å². The summed E-state index contributed by atoms with van der Waals surface area (Å²) in [6.07, 6.45) is 2.37. The van der Waals surface area contributed by atoms with Crippen LogP contribution >= 0.6 is 23.2 Å². The molecule has 1 aromatic heterocycles. The van der Waals surface area contributed by atoms with Gasteiger partial charge in [-0.2, -0.15) is 0 Å². The Kier molecular flexibility index (Phi) is 2.81. The maximum Gasteiger partial charge on any atom is 0.164 e. The molecule has 0 spiro atoms. The lowest BCUT2D eigenvalue weighted by Crippen LogP contribution is -2.01. The van der Waals surface area contributed by atoms with Gasteiger partial charge in [0.1, 0.15) is 5.82 Å². The second-order valence-electron chi connectivity index (χ2n) is 4.18. The summed E-state index contributed by atoms with van der Waals surface area (Å²) < 4.78 is 2.15. The van der Waals surface area contributed by atoms with E-state index in [9.17, 15) is 0 Å². The quantitative estimate of drug-likeness (QED) is 0.795. The average molecular weight is 268 g/mol. The fraction of sp³-hybridized carbons (Fsp3) is 0.333. The molecule has 3 rings (SSSR count). The van der Waals surface area contributed by atoms with Crippen molar-refractivity contribution in [2.75, 3.05) is 0 Å². The highest BCUT2D eigenvalue weighted by Gasteiger charge is 2.29. The van der Waals surface area contributed by atoms with Gasteiger partial charge >= 0.3 is 0 Å². The number of benzene rings is 1. The number of hydrogen-bond acceptors (Lipinski definition) is 2. The third-order valence-electron chi connectivity index (χ3n) is 2.90. The van der Waals surface area contributed by atoms with E-state index in [0.29, 0.717) is 11.9 Å². The van der Waals surface area contributed by atoms with Crippen molar-refractivity contribution in [1.29, 1.82) is 0 Å². The fourth-order valence-corrected chi connectivity index (χ4v) is 2.24. The zero-order valence-electron chi connectivity index (χ0n) is 9.11. The molecule has 1 fully saturated rings. The maximum absolute atomic E-state index is 5.89. The van der Waals surface area contributed by atoms with Crippen molar-refractivity contribution in [2.24, 2.45) is 0 Å². The Morgan fingerprint density at radius 2 is 1.88 bits per heavy atom. The first-order chi connectivity index (χ1) is 8.29. The molecule has 1 heterocycles. The Bertz CT molecular complexity index is 529. The van der Waals surface area contributed by atoms with Crippen LogP contribution in [-0.4, -0.2) is 14.8 Å². The van der Waals surface area contributed by atoms with Gasteiger partial charge in [-0.05, 0) is 37.1 Å². The van der Waals surface area contributed by atoms with Crippen LogP contribution in [0, 0.1) is 0 Å². The van der Waals surface area contributed by atoms with E-state index in [0.717, 1.165) is 22.2 Å². The van der Waals surface area contributed by atoms with Gasteiger partial charge in [0.2, 0.25) is 0 Å². The van der Waals surface area contributed by atoms with Crippen LogP contribution in [0.1, 0.15) is 24.7 Å². The van der Waals surface area contributed by atoms with Crippen LogP contribution in [0.2, 0.25) is 5.02 Å². The third-order valence-corrected chi connectivity index (χ3v) is 3.39. The largest absolute Gasteiger partial charge is 0.307 e. The summed E-state index contributed by atoms with van der Waals surface area (Å²) in [5.74, 6) is 2.14. The number of nitrogens with zero attached hydrogens (tertiary/aromatic N) is 3. The Morgan fingerprint density at radius 1 is 1.18 bits per heavy atom. The molecule has 1 aliphatic carbocycles. The van der Waals surface area contributed by atoms with E-state index < -0.39 is 0 Å². The standard InChI is InChI=1S/C12H11Cl2N3/c13-7-11-15-16-12(17(11)10-5-6-10)8-1-3-9(14)4-2-8/h1-4,10H,5-7H2. The van der Waals surface area contributed by atoms with Crippen LogP contribution in [0.4, 0.5) is 0 Å². The first-order valence-corrected chi connectivity index (χ1v) is 6.46. The molecule has 0 atom stereocenters. The summed E-state index contributed by atoms with van der Waals surface area (Å²) in [6.45, 7) is 0. The van der Waals surface area contributed by atoms with E-state index >= 15 is 0 Å². The minimum absolute atomic E-state index is 0.400. The van der Waals surface area contributed by atoms with E-state index in [-0.39, 0.29) is 0 Å². The van der Waals surface area contributed by atoms with Crippen molar-refractivity contribution >= 4 is 23.2 Å². The third kappa shape index (κ3) is 2.05. The molecule has 5 heteroatoms. The predicted octanol–water partition coefficient (Wildman–Crippen LogP) is 3.67. The highest BCUT2D eigenvalue weighted by molar-refractivity contribution is 6.30. The van der Waals surface area contributed by atoms with Crippen molar-refractivity contribution in [3.63, 3.8) is 0 Å². The number of rotatable bonds is 3. The van der Waals surface area contributed by atoms with E-state index in [1.54, 1.807) is 0 Å². The molecular formula is C12H11Cl2N3. The van der Waals surface area contributed by atoms with Gasteiger partial charge in [-0.3, -0.25) is 0 Å². The van der Waals surface area contributed by atoms with Crippen LogP contribution in [0.25, 0.3) is 11.4 Å². The molecule has 0 unspecified atom stereocenters. The molecular weight excluding hydrogens is 257 g/mol. The van der Waals surface area contributed by atoms with Crippen molar-refractivity contribution in [2.45, 2.75) is 24.8 Å². The van der Waals surface area contributed by atoms with Gasteiger partial charge in [-0.25, -0.2) is 0 Å². The van der Waals surface area contributed by atoms with E-state index in [1.165, 1.54) is 12.8 Å². The fourth-order valence-electron chi connectivity index (χ4n) is 1.93. The number of halogens is 2. The Morgan fingerprint density at radius 3 is 2.47 bits per heavy atom. The van der Waals surface area contributed by atoms with E-state index in [1.807, 2.05) is 24.3 Å². The van der Waals surface area contributed by atoms with Crippen molar-refractivity contribution in [3.8, 4) is 11.4 Å². The normalized spacial score (nSPS) is 15.2. The van der Waals surface area contributed by atoms with Gasteiger partial charge in [0.05, 0.1) is 5.88 Å². The van der Waals surface area contributed by atoms with Crippen LogP contribution in [-0.2, 0) is 5.88 Å². The van der Waals surface area contributed by atoms with Gasteiger partial charge in [-0.15, -0.1) is 21.8 Å². The zero-order valence-corrected chi connectivity index (χ0v) is 10.6. The minimum Gasteiger partial charge on any atom is -0.307 e. The van der Waals surface area contributed by atoms with Gasteiger partial charge in [0.25, 0.3) is 0 Å². The highest BCUT2D eigenvalue weighted by Crippen LogP contribution is 2.39. The molecule has 3 nitrogen and oxygen atoms in total. The summed E-state index contributed by atoms with van der Waals surface area (Å²) in [4.78, 5) is 0. The molecule has 88 valence electrons. The van der Waals surface area contributed by atoms with Crippen LogP contribution < -0.4 is 0 Å². The molecule has 17 heavy (non-hydrogen) atoms. The molecule has 0 aliphatic heterocycles. The summed E-state index contributed by atoms with van der Waals surface area (Å²) in [7, 11) is 0. The monoisotopic (exact) mass is 267 g/mol. The van der Waals surface area contributed by atoms with Gasteiger partial charge in [0.15, 0.2) is 5.82 Å². The van der Waals surface area contributed by atoms with Gasteiger partial charge in [-0.1, -0.05) is 11.6 Å². The maximum atomic E-state index is 5.89. The Balaban J connectivity index is 2.07. The summed E-state index contributed by atoms with van der Waals surface area (Å²) in [5, 5.41) is 9.10. The smallest absolute Gasteiger partial charge is 0.164 e. The highest BCUT2D eigenvalue weighted by atomic mass is 35.5. The van der Waals surface area contributed by atoms with Crippen LogP contribution in [0.5, 0.6) is 0 Å². The van der Waals surface area contributed by atoms with E-state index in [2.05, 4.69) is 14.8 Å². The summed E-state index contributed by atoms with van der Waals surface area (Å²) in [5.41, 5.74) is 1.03. The lowest BCUT2D eigenvalue weighted by Gasteiger charge is -2.07. The lowest BCUT2D eigenvalue weighted by atomic mass is 10.2. The molecule has 0 N–H and O–H groups in total. The average Bonchev–Trinajstić information content (AvgIpc) is 3.10. The molecule has 1 aromatic carbocycles. The SMILES string of the molecule is ClCc1nnc(-c2ccc(Cl)cc2)n1C1CC1. The Hall–Kier alpha value is -1.06. The van der Waals surface area contributed by atoms with Crippen LogP contribution in [0.15, 0.2) is 24.3 Å².